The summed E-state index contributed by atoms with van der Waals surface area (Å²) in [6.45, 7) is 1.98. The van der Waals surface area contributed by atoms with E-state index >= 15 is 0 Å². The number of carbonyl (C=O) groups excluding carboxylic acids is 2. The SMILES string of the molecule is CCOC(=O)C(C(=O)c1ccco1)C(SC)SC. The van der Waals surface area contributed by atoms with E-state index in [2.05, 4.69) is 0 Å². The van der Waals surface area contributed by atoms with Crippen molar-refractivity contribution >= 4 is 35.3 Å². The highest BCUT2D eigenvalue weighted by atomic mass is 32.2. The van der Waals surface area contributed by atoms with E-state index in [-0.39, 0.29) is 22.7 Å². The van der Waals surface area contributed by atoms with Crippen LogP contribution in [0.25, 0.3) is 0 Å². The van der Waals surface area contributed by atoms with Gasteiger partial charge in [-0.3, -0.25) is 9.59 Å². The fourth-order valence-corrected chi connectivity index (χ4v) is 3.30. The second-order valence-electron chi connectivity index (χ2n) is 3.41. The molecule has 0 radical (unpaired) electrons. The van der Waals surface area contributed by atoms with Gasteiger partial charge in [0.1, 0.15) is 5.92 Å². The number of hydrogen-bond donors (Lipinski definition) is 0. The lowest BCUT2D eigenvalue weighted by atomic mass is 10.0. The molecule has 0 aliphatic heterocycles. The number of thioether (sulfide) groups is 2. The number of Topliss-reactive ketones (excluding diaryl/α,β-unsaturated/α-hetero) is 1. The van der Waals surface area contributed by atoms with Gasteiger partial charge in [0.2, 0.25) is 5.78 Å². The van der Waals surface area contributed by atoms with E-state index in [0.29, 0.717) is 0 Å². The predicted molar refractivity (Wildman–Crippen MR) is 74.0 cm³/mol. The molecule has 1 atom stereocenters. The Labute approximate surface area is 115 Å². The maximum absolute atomic E-state index is 12.3. The van der Waals surface area contributed by atoms with Crippen LogP contribution < -0.4 is 0 Å². The van der Waals surface area contributed by atoms with E-state index in [1.165, 1.54) is 29.8 Å². The van der Waals surface area contributed by atoms with E-state index < -0.39 is 11.9 Å². The highest BCUT2D eigenvalue weighted by molar-refractivity contribution is 8.16. The van der Waals surface area contributed by atoms with Crippen LogP contribution in [0.2, 0.25) is 0 Å². The molecule has 0 N–H and O–H groups in total. The smallest absolute Gasteiger partial charge is 0.319 e. The molecule has 1 unspecified atom stereocenters. The van der Waals surface area contributed by atoms with Gasteiger partial charge in [-0.2, -0.15) is 0 Å². The van der Waals surface area contributed by atoms with Crippen LogP contribution in [0.3, 0.4) is 0 Å². The molecule has 0 amide bonds. The van der Waals surface area contributed by atoms with Gasteiger partial charge in [0.05, 0.1) is 17.5 Å². The Bertz CT molecular complexity index is 385. The number of esters is 1. The average Bonchev–Trinajstić information content (AvgIpc) is 2.89. The third kappa shape index (κ3) is 3.55. The van der Waals surface area contributed by atoms with Crippen molar-refractivity contribution in [2.75, 3.05) is 19.1 Å². The zero-order valence-electron chi connectivity index (χ0n) is 10.5. The van der Waals surface area contributed by atoms with Gasteiger partial charge in [-0.25, -0.2) is 0 Å². The summed E-state index contributed by atoms with van der Waals surface area (Å²) in [7, 11) is 0. The summed E-state index contributed by atoms with van der Waals surface area (Å²) in [4.78, 5) is 24.2. The van der Waals surface area contributed by atoms with Crippen molar-refractivity contribution in [3.05, 3.63) is 24.2 Å². The summed E-state index contributed by atoms with van der Waals surface area (Å²) in [6.07, 6.45) is 5.15. The minimum atomic E-state index is -0.832. The van der Waals surface area contributed by atoms with Gasteiger partial charge in [0, 0.05) is 0 Å². The van der Waals surface area contributed by atoms with E-state index in [1.54, 1.807) is 19.1 Å². The van der Waals surface area contributed by atoms with Crippen LogP contribution in [0.15, 0.2) is 22.8 Å². The van der Waals surface area contributed by atoms with Crippen molar-refractivity contribution in [1.82, 2.24) is 0 Å². The number of rotatable bonds is 7. The van der Waals surface area contributed by atoms with Crippen LogP contribution in [0.4, 0.5) is 0 Å². The second-order valence-corrected chi connectivity index (χ2v) is 5.67. The molecule has 0 aliphatic carbocycles. The Morgan fingerprint density at radius 3 is 2.50 bits per heavy atom. The summed E-state index contributed by atoms with van der Waals surface area (Å²) in [5, 5.41) is 0. The van der Waals surface area contributed by atoms with Gasteiger partial charge in [0.25, 0.3) is 0 Å². The third-order valence-electron chi connectivity index (χ3n) is 2.32. The van der Waals surface area contributed by atoms with Crippen LogP contribution in [0.5, 0.6) is 0 Å². The molecule has 0 saturated heterocycles. The van der Waals surface area contributed by atoms with Crippen molar-refractivity contribution in [3.8, 4) is 0 Å². The molecule has 0 spiro atoms. The van der Waals surface area contributed by atoms with E-state index in [1.807, 2.05) is 12.5 Å². The first-order valence-electron chi connectivity index (χ1n) is 5.45. The number of ether oxygens (including phenoxy) is 1. The van der Waals surface area contributed by atoms with Crippen LogP contribution in [0.1, 0.15) is 17.5 Å². The van der Waals surface area contributed by atoms with Gasteiger partial charge in [-0.1, -0.05) is 0 Å². The van der Waals surface area contributed by atoms with Gasteiger partial charge in [-0.05, 0) is 31.6 Å². The van der Waals surface area contributed by atoms with Gasteiger partial charge >= 0.3 is 5.97 Å². The molecule has 0 saturated carbocycles. The van der Waals surface area contributed by atoms with Crippen LogP contribution in [-0.4, -0.2) is 35.5 Å². The molecule has 6 heteroatoms. The van der Waals surface area contributed by atoms with Crippen LogP contribution >= 0.6 is 23.5 Å². The fourth-order valence-electron chi connectivity index (χ4n) is 1.51. The molecular weight excluding hydrogens is 272 g/mol. The van der Waals surface area contributed by atoms with E-state index in [0.717, 1.165) is 0 Å². The summed E-state index contributed by atoms with van der Waals surface area (Å²) in [5.74, 6) is -1.46. The van der Waals surface area contributed by atoms with E-state index in [9.17, 15) is 9.59 Å². The predicted octanol–water partition coefficient (Wildman–Crippen LogP) is 2.69. The normalized spacial score (nSPS) is 12.4. The minimum Gasteiger partial charge on any atom is -0.465 e. The molecule has 18 heavy (non-hydrogen) atoms. The quantitative estimate of drug-likeness (QED) is 0.333. The Balaban J connectivity index is 2.96. The minimum absolute atomic E-state index is 0.179. The molecule has 0 fully saturated rings. The van der Waals surface area contributed by atoms with Gasteiger partial charge in [0.15, 0.2) is 5.76 Å². The van der Waals surface area contributed by atoms with Crippen molar-refractivity contribution in [2.24, 2.45) is 5.92 Å². The molecule has 1 rings (SSSR count). The van der Waals surface area contributed by atoms with Crippen molar-refractivity contribution in [3.63, 3.8) is 0 Å². The van der Waals surface area contributed by atoms with Gasteiger partial charge < -0.3 is 9.15 Å². The highest BCUT2D eigenvalue weighted by Crippen LogP contribution is 2.30. The molecule has 4 nitrogen and oxygen atoms in total. The Morgan fingerprint density at radius 1 is 1.39 bits per heavy atom. The van der Waals surface area contributed by atoms with Crippen LogP contribution in [-0.2, 0) is 9.53 Å². The maximum Gasteiger partial charge on any atom is 0.319 e. The lowest BCUT2D eigenvalue weighted by Crippen LogP contribution is -2.33. The standard InChI is InChI=1S/C12H16O4S2/c1-4-15-11(14)9(12(17-2)18-3)10(13)8-6-5-7-16-8/h5-7,9,12H,4H2,1-3H3. The highest BCUT2D eigenvalue weighted by Gasteiger charge is 2.37. The third-order valence-corrected chi connectivity index (χ3v) is 4.95. The summed E-state index contributed by atoms with van der Waals surface area (Å²) < 4.78 is 9.87. The second kappa shape index (κ2) is 7.53. The van der Waals surface area contributed by atoms with Crippen molar-refractivity contribution in [1.29, 1.82) is 0 Å². The molecule has 0 aromatic carbocycles. The summed E-state index contributed by atoms with van der Waals surface area (Å²) in [5.41, 5.74) is 0. The zero-order valence-corrected chi connectivity index (χ0v) is 12.2. The molecule has 1 aromatic rings. The average molecular weight is 288 g/mol. The number of hydrogen-bond acceptors (Lipinski definition) is 6. The lowest BCUT2D eigenvalue weighted by molar-refractivity contribution is -0.145. The molecule has 0 aliphatic rings. The zero-order chi connectivity index (χ0) is 13.5. The topological polar surface area (TPSA) is 56.5 Å². The molecule has 100 valence electrons. The monoisotopic (exact) mass is 288 g/mol. The number of furan rings is 1. The Hall–Kier alpha value is -0.880. The Morgan fingerprint density at radius 2 is 2.06 bits per heavy atom. The van der Waals surface area contributed by atoms with E-state index in [4.69, 9.17) is 9.15 Å². The molecule has 1 aromatic heterocycles. The molecule has 1 heterocycles. The lowest BCUT2D eigenvalue weighted by Gasteiger charge is -2.20. The fraction of sp³-hybridized carbons (Fsp3) is 0.500. The van der Waals surface area contributed by atoms with Crippen molar-refractivity contribution < 1.29 is 18.7 Å². The first-order valence-corrected chi connectivity index (χ1v) is 8.03. The molecule has 0 bridgehead atoms. The first kappa shape index (κ1) is 15.2. The van der Waals surface area contributed by atoms with Crippen molar-refractivity contribution in [2.45, 2.75) is 11.5 Å². The van der Waals surface area contributed by atoms with Crippen LogP contribution in [0, 0.1) is 5.92 Å². The first-order chi connectivity index (χ1) is 8.65. The van der Waals surface area contributed by atoms with Gasteiger partial charge in [-0.15, -0.1) is 23.5 Å². The molecular formula is C12H16O4S2. The largest absolute Gasteiger partial charge is 0.465 e. The maximum atomic E-state index is 12.3. The summed E-state index contributed by atoms with van der Waals surface area (Å²) >= 11 is 2.91. The number of carbonyl (C=O) groups is 2. The Kier molecular flexibility index (Phi) is 6.35. The number of ketones is 1. The summed E-state index contributed by atoms with van der Waals surface area (Å²) in [6, 6.07) is 3.19.